The van der Waals surface area contributed by atoms with Crippen molar-refractivity contribution in [3.8, 4) is 11.5 Å². The van der Waals surface area contributed by atoms with Gasteiger partial charge >= 0.3 is 18.0 Å². The molecule has 2 unspecified atom stereocenters. The van der Waals surface area contributed by atoms with E-state index in [-0.39, 0.29) is 23.5 Å². The maximum atomic E-state index is 13.6. The number of amides is 2. The number of methoxy groups -OCH3 is 2. The number of fused-ring (bicyclic) bond motifs is 3. The van der Waals surface area contributed by atoms with Crippen molar-refractivity contribution in [1.82, 2.24) is 14.8 Å². The number of aromatic amines is 1. The number of rotatable bonds is 9. The van der Waals surface area contributed by atoms with Crippen LogP contribution in [0.3, 0.4) is 0 Å². The highest BCUT2D eigenvalue weighted by Gasteiger charge is 2.47. The zero-order valence-electron chi connectivity index (χ0n) is 23.8. The second-order valence-corrected chi connectivity index (χ2v) is 10.6. The monoisotopic (exact) mass is 645 g/mol. The Morgan fingerprint density at radius 1 is 1.19 bits per heavy atom. The molecule has 1 aliphatic heterocycles. The molecule has 224 valence electrons. The van der Waals surface area contributed by atoms with Gasteiger partial charge in [0.2, 0.25) is 0 Å². The molecule has 1 aliphatic carbocycles. The third-order valence-corrected chi connectivity index (χ3v) is 7.93. The number of aryl methyl sites for hydroxylation is 1. The summed E-state index contributed by atoms with van der Waals surface area (Å²) in [6.07, 6.45) is 3.27. The summed E-state index contributed by atoms with van der Waals surface area (Å²) in [6.45, 7) is 1.55. The number of alkyl halides is 1. The van der Waals surface area contributed by atoms with E-state index in [0.717, 1.165) is 0 Å². The fourth-order valence-corrected chi connectivity index (χ4v) is 5.80. The zero-order valence-corrected chi connectivity index (χ0v) is 25.4. The maximum absolute atomic E-state index is 13.6. The van der Waals surface area contributed by atoms with Crippen molar-refractivity contribution < 1.29 is 43.2 Å². The van der Waals surface area contributed by atoms with E-state index in [9.17, 15) is 19.2 Å². The molecular weight excluding hydrogens is 614 g/mol. The Hall–Kier alpha value is -4.26. The Morgan fingerprint density at radius 3 is 2.55 bits per heavy atom. The van der Waals surface area contributed by atoms with Crippen molar-refractivity contribution in [3.05, 3.63) is 64.1 Å². The number of halogens is 1. The number of esters is 1. The van der Waals surface area contributed by atoms with Crippen LogP contribution in [-0.2, 0) is 19.1 Å². The van der Waals surface area contributed by atoms with Gasteiger partial charge in [0.05, 0.1) is 25.5 Å². The third kappa shape index (κ3) is 6.01. The molecule has 0 radical (unpaired) electrons. The first-order valence-corrected chi connectivity index (χ1v) is 14.1. The number of likely N-dealkylation sites (tertiary alicyclic amines) is 1. The van der Waals surface area contributed by atoms with Crippen LogP contribution in [-0.4, -0.2) is 90.6 Å². The number of hydrogen-bond acceptors (Lipinski definition) is 8. The van der Waals surface area contributed by atoms with E-state index in [1.165, 1.54) is 25.2 Å². The van der Waals surface area contributed by atoms with Gasteiger partial charge < -0.3 is 38.8 Å². The highest BCUT2D eigenvalue weighted by molar-refractivity contribution is 9.09. The summed E-state index contributed by atoms with van der Waals surface area (Å²) >= 11 is 3.58. The highest BCUT2D eigenvalue weighted by atomic mass is 79.9. The Labute approximate surface area is 251 Å². The largest absolute Gasteiger partial charge is 0.493 e. The number of carboxylic acids is 1. The summed E-state index contributed by atoms with van der Waals surface area (Å²) in [5.74, 6) is -1.85. The summed E-state index contributed by atoms with van der Waals surface area (Å²) in [6, 6.07) is 4.90. The molecule has 1 fully saturated rings. The number of nitrogens with one attached hydrogen (secondary N) is 1. The predicted molar refractivity (Wildman–Crippen MR) is 155 cm³/mol. The van der Waals surface area contributed by atoms with E-state index < -0.39 is 30.7 Å². The quantitative estimate of drug-likeness (QED) is 0.235. The van der Waals surface area contributed by atoms with Crippen LogP contribution in [0.25, 0.3) is 6.08 Å². The standard InChI is InChI=1S/C29H32BrN3O9/c1-15-24(28(37)40-5)26-25-17(12-30)13-33(18(25)11-21(27(26)31-15)42-29(38)32(2)3)22(34)9-7-16-6-8-19(39-4)20(10-16)41-14-23(35)36/h6-11,17,21,25,31H,12-14H2,1-5H3,(H,35,36)/b9-7+/t17-,21?,25?/m1/s1. The van der Waals surface area contributed by atoms with Gasteiger partial charge in [-0.2, -0.15) is 0 Å². The lowest BCUT2D eigenvalue weighted by Gasteiger charge is -2.30. The number of H-pyrrole nitrogens is 1. The van der Waals surface area contributed by atoms with Crippen LogP contribution >= 0.6 is 15.9 Å². The molecule has 2 amide bonds. The molecule has 0 saturated carbocycles. The Bertz CT molecular complexity index is 1460. The fourth-order valence-electron chi connectivity index (χ4n) is 5.22. The van der Waals surface area contributed by atoms with Crippen molar-refractivity contribution in [1.29, 1.82) is 0 Å². The van der Waals surface area contributed by atoms with Gasteiger partial charge in [-0.3, -0.25) is 4.79 Å². The normalized spacial score (nSPS) is 19.0. The molecule has 1 saturated heterocycles. The summed E-state index contributed by atoms with van der Waals surface area (Å²) < 4.78 is 21.4. The van der Waals surface area contributed by atoms with Crippen LogP contribution in [0.4, 0.5) is 4.79 Å². The minimum atomic E-state index is -1.13. The van der Waals surface area contributed by atoms with Crippen LogP contribution in [0, 0.1) is 12.8 Å². The van der Waals surface area contributed by atoms with Crippen molar-refractivity contribution in [2.45, 2.75) is 18.9 Å². The number of ether oxygens (including phenoxy) is 4. The Kier molecular flexibility index (Phi) is 9.30. The van der Waals surface area contributed by atoms with Gasteiger partial charge in [0, 0.05) is 54.9 Å². The second-order valence-electron chi connectivity index (χ2n) is 10.0. The summed E-state index contributed by atoms with van der Waals surface area (Å²) in [5, 5.41) is 9.50. The SMILES string of the molecule is COC(=O)c1c(C)[nH]c2c1C1C(=CC2OC(=O)N(C)C)N(C(=O)/C=C/c2ccc(OC)c(OCC(=O)O)c2)C[C@H]1CBr. The number of hydrogen-bond donors (Lipinski definition) is 2. The minimum Gasteiger partial charge on any atom is -0.493 e. The van der Waals surface area contributed by atoms with Gasteiger partial charge in [0.25, 0.3) is 5.91 Å². The van der Waals surface area contributed by atoms with Crippen LogP contribution in [0.2, 0.25) is 0 Å². The molecule has 3 atom stereocenters. The number of carbonyl (C=O) groups excluding carboxylic acids is 3. The molecule has 2 aliphatic rings. The van der Waals surface area contributed by atoms with Crippen molar-refractivity contribution in [3.63, 3.8) is 0 Å². The molecule has 0 spiro atoms. The number of aliphatic carboxylic acids is 1. The van der Waals surface area contributed by atoms with Crippen molar-refractivity contribution >= 4 is 45.9 Å². The minimum absolute atomic E-state index is 0.0894. The topological polar surface area (TPSA) is 148 Å². The summed E-state index contributed by atoms with van der Waals surface area (Å²) in [4.78, 5) is 56.2. The molecular formula is C29H32BrN3O9. The van der Waals surface area contributed by atoms with Crippen LogP contribution < -0.4 is 9.47 Å². The molecule has 1 aromatic carbocycles. The van der Waals surface area contributed by atoms with E-state index in [1.807, 2.05) is 0 Å². The lowest BCUT2D eigenvalue weighted by Crippen LogP contribution is -2.29. The van der Waals surface area contributed by atoms with Gasteiger partial charge in [0.1, 0.15) is 0 Å². The van der Waals surface area contributed by atoms with Gasteiger partial charge in [-0.05, 0) is 42.7 Å². The third-order valence-electron chi connectivity index (χ3n) is 7.10. The first kappa shape index (κ1) is 30.7. The second kappa shape index (κ2) is 12.7. The molecule has 2 N–H and O–H groups in total. The van der Waals surface area contributed by atoms with Crippen molar-refractivity contribution in [2.75, 3.05) is 46.8 Å². The molecule has 2 heterocycles. The van der Waals surface area contributed by atoms with Crippen LogP contribution in [0.1, 0.15) is 44.9 Å². The van der Waals surface area contributed by atoms with Gasteiger partial charge in [0.15, 0.2) is 24.2 Å². The van der Waals surface area contributed by atoms with Crippen molar-refractivity contribution in [2.24, 2.45) is 5.92 Å². The lowest BCUT2D eigenvalue weighted by atomic mass is 9.80. The first-order valence-electron chi connectivity index (χ1n) is 13.0. The average molecular weight is 646 g/mol. The van der Waals surface area contributed by atoms with Crippen LogP contribution in [0.5, 0.6) is 11.5 Å². The van der Waals surface area contributed by atoms with Gasteiger partial charge in [-0.1, -0.05) is 22.0 Å². The maximum Gasteiger partial charge on any atom is 0.410 e. The lowest BCUT2D eigenvalue weighted by molar-refractivity contribution is -0.139. The van der Waals surface area contributed by atoms with Crippen LogP contribution in [0.15, 0.2) is 36.0 Å². The fraction of sp³-hybridized carbons (Fsp3) is 0.379. The van der Waals surface area contributed by atoms with E-state index in [0.29, 0.717) is 51.4 Å². The number of carboxylic acid groups (broad SMARTS) is 1. The van der Waals surface area contributed by atoms with E-state index in [1.54, 1.807) is 56.3 Å². The number of allylic oxidation sites excluding steroid dienone is 1. The molecule has 13 heteroatoms. The van der Waals surface area contributed by atoms with Gasteiger partial charge in [-0.15, -0.1) is 0 Å². The summed E-state index contributed by atoms with van der Waals surface area (Å²) in [7, 11) is 5.88. The average Bonchev–Trinajstić information content (AvgIpc) is 3.51. The number of aromatic nitrogens is 1. The predicted octanol–water partition coefficient (Wildman–Crippen LogP) is 3.87. The molecule has 42 heavy (non-hydrogen) atoms. The molecule has 12 nitrogen and oxygen atoms in total. The smallest absolute Gasteiger partial charge is 0.410 e. The van der Waals surface area contributed by atoms with E-state index in [4.69, 9.17) is 24.1 Å². The molecule has 4 rings (SSSR count). The molecule has 0 bridgehead atoms. The van der Waals surface area contributed by atoms with E-state index in [2.05, 4.69) is 20.9 Å². The van der Waals surface area contributed by atoms with Gasteiger partial charge in [-0.25, -0.2) is 14.4 Å². The van der Waals surface area contributed by atoms with E-state index >= 15 is 0 Å². The zero-order chi connectivity index (χ0) is 30.7. The first-order chi connectivity index (χ1) is 20.0. The molecule has 1 aromatic heterocycles. The highest BCUT2D eigenvalue weighted by Crippen LogP contribution is 2.51. The Balaban J connectivity index is 1.71. The number of nitrogens with zero attached hydrogens (tertiary/aromatic N) is 2. The number of benzene rings is 1. The summed E-state index contributed by atoms with van der Waals surface area (Å²) in [5.41, 5.74) is 3.35. The molecule has 2 aromatic rings. The Morgan fingerprint density at radius 2 is 1.93 bits per heavy atom. The number of carbonyl (C=O) groups is 4.